The molecule has 1 aromatic carbocycles. The monoisotopic (exact) mass is 338 g/mol. The Morgan fingerprint density at radius 1 is 1.43 bits per heavy atom. The van der Waals surface area contributed by atoms with Crippen LogP contribution in [0.4, 0.5) is 5.69 Å². The van der Waals surface area contributed by atoms with Gasteiger partial charge in [-0.15, -0.1) is 6.58 Å². The molecule has 2 rings (SSSR count). The molecule has 1 atom stereocenters. The van der Waals surface area contributed by atoms with Crippen LogP contribution >= 0.6 is 0 Å². The molecule has 126 valence electrons. The first-order chi connectivity index (χ1) is 10.9. The van der Waals surface area contributed by atoms with E-state index in [9.17, 15) is 13.2 Å². The highest BCUT2D eigenvalue weighted by Crippen LogP contribution is 2.23. The lowest BCUT2D eigenvalue weighted by Crippen LogP contribution is -2.29. The van der Waals surface area contributed by atoms with E-state index >= 15 is 0 Å². The minimum Gasteiger partial charge on any atom is -0.365 e. The summed E-state index contributed by atoms with van der Waals surface area (Å²) in [7, 11) is -3.49. The van der Waals surface area contributed by atoms with Crippen molar-refractivity contribution >= 4 is 21.6 Å². The van der Waals surface area contributed by atoms with Crippen molar-refractivity contribution in [2.45, 2.75) is 30.8 Å². The predicted octanol–water partition coefficient (Wildman–Crippen LogP) is 2.00. The van der Waals surface area contributed by atoms with Gasteiger partial charge in [-0.3, -0.25) is 4.79 Å². The molecular weight excluding hydrogens is 316 g/mol. The summed E-state index contributed by atoms with van der Waals surface area (Å²) in [4.78, 5) is 12.2. The minimum absolute atomic E-state index is 0.192. The normalized spacial score (nSPS) is 16.9. The summed E-state index contributed by atoms with van der Waals surface area (Å²) in [6.45, 7) is 6.52. The summed E-state index contributed by atoms with van der Waals surface area (Å²) in [5, 5.41) is 2.67. The van der Waals surface area contributed by atoms with Crippen LogP contribution in [0.25, 0.3) is 0 Å². The highest BCUT2D eigenvalue weighted by Gasteiger charge is 2.27. The number of carbonyl (C=O) groups is 1. The van der Waals surface area contributed by atoms with Crippen molar-refractivity contribution in [3.63, 3.8) is 0 Å². The zero-order valence-electron chi connectivity index (χ0n) is 13.2. The summed E-state index contributed by atoms with van der Waals surface area (Å²) in [5.41, 5.74) is 0.435. The summed E-state index contributed by atoms with van der Waals surface area (Å²) in [6, 6.07) is 6.29. The lowest BCUT2D eigenvalue weighted by atomic mass is 10.3. The van der Waals surface area contributed by atoms with Gasteiger partial charge in [0.05, 0.1) is 11.5 Å². The van der Waals surface area contributed by atoms with E-state index in [-0.39, 0.29) is 17.4 Å². The summed E-state index contributed by atoms with van der Waals surface area (Å²) in [6.07, 6.45) is 2.68. The number of sulfonamides is 1. The number of nitrogens with zero attached hydrogens (tertiary/aromatic N) is 1. The van der Waals surface area contributed by atoms with E-state index in [0.29, 0.717) is 18.8 Å². The van der Waals surface area contributed by atoms with Gasteiger partial charge in [0.2, 0.25) is 10.0 Å². The third kappa shape index (κ3) is 4.40. The largest absolute Gasteiger partial charge is 0.365 e. The molecule has 0 saturated carbocycles. The highest BCUT2D eigenvalue weighted by atomic mass is 32.2. The number of benzene rings is 1. The van der Waals surface area contributed by atoms with Gasteiger partial charge in [0, 0.05) is 18.8 Å². The Kier molecular flexibility index (Phi) is 5.92. The van der Waals surface area contributed by atoms with Gasteiger partial charge in [0.25, 0.3) is 5.91 Å². The van der Waals surface area contributed by atoms with Crippen molar-refractivity contribution in [3.05, 3.63) is 36.9 Å². The van der Waals surface area contributed by atoms with E-state index in [1.165, 1.54) is 10.4 Å². The minimum atomic E-state index is -3.49. The maximum atomic E-state index is 12.5. The maximum absolute atomic E-state index is 12.5. The molecule has 1 aliphatic heterocycles. The molecular formula is C16H22N2O4S. The molecule has 7 heteroatoms. The van der Waals surface area contributed by atoms with Crippen molar-refractivity contribution in [3.8, 4) is 0 Å². The van der Waals surface area contributed by atoms with Crippen molar-refractivity contribution in [1.82, 2.24) is 4.31 Å². The molecule has 23 heavy (non-hydrogen) atoms. The number of hydrogen-bond donors (Lipinski definition) is 1. The SMILES string of the molecule is C=CCOC(C)C(=O)Nc1cccc(S(=O)(=O)N2CCCC2)c1. The Bertz CT molecular complexity index is 666. The number of anilines is 1. The van der Waals surface area contributed by atoms with Crippen LogP contribution in [0.5, 0.6) is 0 Å². The molecule has 1 unspecified atom stereocenters. The number of ether oxygens (including phenoxy) is 1. The Morgan fingerprint density at radius 3 is 2.78 bits per heavy atom. The lowest BCUT2D eigenvalue weighted by molar-refractivity contribution is -0.125. The Labute approximate surface area is 137 Å². The third-order valence-electron chi connectivity index (χ3n) is 3.64. The fourth-order valence-electron chi connectivity index (χ4n) is 2.34. The van der Waals surface area contributed by atoms with Gasteiger partial charge in [0.1, 0.15) is 6.10 Å². The topological polar surface area (TPSA) is 75.7 Å². The molecule has 0 aromatic heterocycles. The molecule has 1 aliphatic rings. The van der Waals surface area contributed by atoms with Gasteiger partial charge in [-0.25, -0.2) is 8.42 Å². The average molecular weight is 338 g/mol. The van der Waals surface area contributed by atoms with E-state index in [0.717, 1.165) is 12.8 Å². The molecule has 1 heterocycles. The van der Waals surface area contributed by atoms with Crippen LogP contribution in [0.15, 0.2) is 41.8 Å². The van der Waals surface area contributed by atoms with Gasteiger partial charge in [-0.2, -0.15) is 4.31 Å². The lowest BCUT2D eigenvalue weighted by Gasteiger charge is -2.17. The fourth-order valence-corrected chi connectivity index (χ4v) is 3.91. The maximum Gasteiger partial charge on any atom is 0.253 e. The standard InChI is InChI=1S/C16H22N2O4S/c1-3-11-22-13(2)16(19)17-14-7-6-8-15(12-14)23(20,21)18-9-4-5-10-18/h3,6-8,12-13H,1,4-5,9-11H2,2H3,(H,17,19). The summed E-state index contributed by atoms with van der Waals surface area (Å²) in [5.74, 6) is -0.331. The van der Waals surface area contributed by atoms with E-state index in [4.69, 9.17) is 4.74 Å². The highest BCUT2D eigenvalue weighted by molar-refractivity contribution is 7.89. The third-order valence-corrected chi connectivity index (χ3v) is 5.53. The smallest absolute Gasteiger partial charge is 0.253 e. The Balaban J connectivity index is 2.10. The first-order valence-corrected chi connectivity index (χ1v) is 9.02. The van der Waals surface area contributed by atoms with Crippen molar-refractivity contribution in [2.75, 3.05) is 25.0 Å². The van der Waals surface area contributed by atoms with Crippen LogP contribution in [0, 0.1) is 0 Å². The van der Waals surface area contributed by atoms with E-state index < -0.39 is 16.1 Å². The number of hydrogen-bond acceptors (Lipinski definition) is 4. The number of carbonyl (C=O) groups excluding carboxylic acids is 1. The Hall–Kier alpha value is -1.70. The van der Waals surface area contributed by atoms with Gasteiger partial charge in [0.15, 0.2) is 0 Å². The number of nitrogens with one attached hydrogen (secondary N) is 1. The van der Waals surface area contributed by atoms with Crippen LogP contribution in [0.3, 0.4) is 0 Å². The second-order valence-corrected chi connectivity index (χ2v) is 7.33. The first kappa shape index (κ1) is 17.7. The van der Waals surface area contributed by atoms with Crippen LogP contribution in [0.2, 0.25) is 0 Å². The van der Waals surface area contributed by atoms with Crippen LogP contribution in [-0.2, 0) is 19.6 Å². The quantitative estimate of drug-likeness (QED) is 0.772. The zero-order chi connectivity index (χ0) is 16.9. The molecule has 1 amide bonds. The molecule has 1 fully saturated rings. The average Bonchev–Trinajstić information content (AvgIpc) is 3.08. The fraction of sp³-hybridized carbons (Fsp3) is 0.438. The summed E-state index contributed by atoms with van der Waals surface area (Å²) >= 11 is 0. The van der Waals surface area contributed by atoms with Gasteiger partial charge < -0.3 is 10.1 Å². The molecule has 6 nitrogen and oxygen atoms in total. The van der Waals surface area contributed by atoms with Gasteiger partial charge in [-0.05, 0) is 38.0 Å². The van der Waals surface area contributed by atoms with Crippen molar-refractivity contribution in [2.24, 2.45) is 0 Å². The molecule has 0 radical (unpaired) electrons. The molecule has 0 aliphatic carbocycles. The van der Waals surface area contributed by atoms with Crippen LogP contribution in [0.1, 0.15) is 19.8 Å². The van der Waals surface area contributed by atoms with Crippen molar-refractivity contribution in [1.29, 1.82) is 0 Å². The predicted molar refractivity (Wildman–Crippen MR) is 88.7 cm³/mol. The molecule has 0 bridgehead atoms. The number of rotatable bonds is 7. The molecule has 1 N–H and O–H groups in total. The second-order valence-electron chi connectivity index (χ2n) is 5.39. The van der Waals surface area contributed by atoms with Crippen LogP contribution < -0.4 is 5.32 Å². The second kappa shape index (κ2) is 7.72. The van der Waals surface area contributed by atoms with Gasteiger partial charge in [-0.1, -0.05) is 12.1 Å². The Morgan fingerprint density at radius 2 is 2.13 bits per heavy atom. The van der Waals surface area contributed by atoms with Crippen LogP contribution in [-0.4, -0.2) is 44.4 Å². The van der Waals surface area contributed by atoms with E-state index in [1.54, 1.807) is 31.2 Å². The number of amides is 1. The van der Waals surface area contributed by atoms with Crippen molar-refractivity contribution < 1.29 is 17.9 Å². The van der Waals surface area contributed by atoms with E-state index in [1.807, 2.05) is 0 Å². The zero-order valence-corrected chi connectivity index (χ0v) is 14.0. The molecule has 0 spiro atoms. The first-order valence-electron chi connectivity index (χ1n) is 7.58. The molecule has 1 saturated heterocycles. The van der Waals surface area contributed by atoms with E-state index in [2.05, 4.69) is 11.9 Å². The molecule has 1 aromatic rings. The van der Waals surface area contributed by atoms with Gasteiger partial charge >= 0.3 is 0 Å². The summed E-state index contributed by atoms with van der Waals surface area (Å²) < 4.78 is 31.8.